The minimum atomic E-state index is -1.25. The maximum Gasteiger partial charge on any atom is 0.312 e. The van der Waals surface area contributed by atoms with Gasteiger partial charge in [0.1, 0.15) is 11.4 Å². The van der Waals surface area contributed by atoms with E-state index in [0.717, 1.165) is 19.3 Å². The molecule has 3 atom stereocenters. The van der Waals surface area contributed by atoms with E-state index in [4.69, 9.17) is 4.74 Å². The van der Waals surface area contributed by atoms with Crippen molar-refractivity contribution in [3.63, 3.8) is 0 Å². The molecular weight excluding hydrogens is 268 g/mol. The highest BCUT2D eigenvalue weighted by Gasteiger charge is 2.60. The molecule has 2 rings (SSSR count). The minimum absolute atomic E-state index is 0.107. The van der Waals surface area contributed by atoms with Crippen molar-refractivity contribution in [1.29, 1.82) is 0 Å². The molecule has 2 fully saturated rings. The van der Waals surface area contributed by atoms with Crippen LogP contribution in [0, 0.1) is 11.3 Å². The fourth-order valence-corrected chi connectivity index (χ4v) is 3.97. The molecule has 4 nitrogen and oxygen atoms in total. The molecule has 0 bridgehead atoms. The van der Waals surface area contributed by atoms with Gasteiger partial charge in [0.05, 0.1) is 16.9 Å². The average Bonchev–Trinajstić information content (AvgIpc) is 2.46. The zero-order valence-corrected chi connectivity index (χ0v) is 13.7. The van der Waals surface area contributed by atoms with Gasteiger partial charge in [0.2, 0.25) is 0 Å². The molecule has 4 heteroatoms. The number of aliphatic hydroxyl groups is 1. The summed E-state index contributed by atoms with van der Waals surface area (Å²) in [4.78, 5) is 25.1. The van der Waals surface area contributed by atoms with E-state index >= 15 is 0 Å². The van der Waals surface area contributed by atoms with Gasteiger partial charge in [-0.1, -0.05) is 12.8 Å². The van der Waals surface area contributed by atoms with Crippen LogP contribution in [0.2, 0.25) is 0 Å². The number of fused-ring (bicyclic) bond motifs is 1. The Bertz CT molecular complexity index is 437. The Labute approximate surface area is 127 Å². The van der Waals surface area contributed by atoms with Gasteiger partial charge in [-0.2, -0.15) is 0 Å². The molecule has 2 saturated carbocycles. The predicted molar refractivity (Wildman–Crippen MR) is 79.7 cm³/mol. The first kappa shape index (κ1) is 16.5. The van der Waals surface area contributed by atoms with Gasteiger partial charge < -0.3 is 9.84 Å². The zero-order valence-electron chi connectivity index (χ0n) is 13.7. The van der Waals surface area contributed by atoms with Gasteiger partial charge in [-0.05, 0) is 53.4 Å². The molecule has 0 spiro atoms. The van der Waals surface area contributed by atoms with Crippen molar-refractivity contribution in [1.82, 2.24) is 0 Å². The highest BCUT2D eigenvalue weighted by atomic mass is 16.6. The van der Waals surface area contributed by atoms with Crippen LogP contribution in [0.5, 0.6) is 0 Å². The third-order valence-electron chi connectivity index (χ3n) is 5.22. The zero-order chi connectivity index (χ0) is 15.9. The quantitative estimate of drug-likeness (QED) is 0.755. The summed E-state index contributed by atoms with van der Waals surface area (Å²) in [5.74, 6) is -0.834. The van der Waals surface area contributed by atoms with E-state index in [1.54, 1.807) is 0 Å². The van der Waals surface area contributed by atoms with Crippen LogP contribution in [0.25, 0.3) is 0 Å². The van der Waals surface area contributed by atoms with Crippen LogP contribution in [-0.4, -0.2) is 28.1 Å². The molecule has 0 aliphatic heterocycles. The number of ether oxygens (including phenoxy) is 1. The lowest BCUT2D eigenvalue weighted by atomic mass is 9.56. The van der Waals surface area contributed by atoms with Crippen molar-refractivity contribution in [3.8, 4) is 0 Å². The molecule has 0 amide bonds. The fraction of sp³-hybridized carbons (Fsp3) is 0.882. The van der Waals surface area contributed by atoms with E-state index in [1.165, 1.54) is 0 Å². The second-order valence-corrected chi connectivity index (χ2v) is 7.86. The van der Waals surface area contributed by atoms with Gasteiger partial charge in [0.15, 0.2) is 0 Å². The molecule has 2 aliphatic carbocycles. The van der Waals surface area contributed by atoms with Crippen LogP contribution in [0.4, 0.5) is 0 Å². The standard InChI is InChI=1S/C17H28O4/c1-15(2,3)21-14(19)12-8-7-10-16(4)13(18)9-5-6-11-17(12,16)20/h12,20H,5-11H2,1-4H3/t12-,16+,17-/m1/s1. The highest BCUT2D eigenvalue weighted by Crippen LogP contribution is 2.53. The summed E-state index contributed by atoms with van der Waals surface area (Å²) in [6.07, 6.45) is 4.68. The van der Waals surface area contributed by atoms with Crippen molar-refractivity contribution in [2.75, 3.05) is 0 Å². The lowest BCUT2D eigenvalue weighted by molar-refractivity contribution is -0.193. The topological polar surface area (TPSA) is 63.6 Å². The molecule has 0 saturated heterocycles. The van der Waals surface area contributed by atoms with Gasteiger partial charge in [0.25, 0.3) is 0 Å². The molecule has 0 heterocycles. The maximum absolute atomic E-state index is 12.5. The summed E-state index contributed by atoms with van der Waals surface area (Å²) in [6, 6.07) is 0. The van der Waals surface area contributed by atoms with Crippen molar-refractivity contribution < 1.29 is 19.4 Å². The van der Waals surface area contributed by atoms with Gasteiger partial charge in [0, 0.05) is 6.42 Å². The number of hydrogen-bond donors (Lipinski definition) is 1. The van der Waals surface area contributed by atoms with Crippen LogP contribution < -0.4 is 0 Å². The van der Waals surface area contributed by atoms with Crippen molar-refractivity contribution in [2.24, 2.45) is 11.3 Å². The molecule has 21 heavy (non-hydrogen) atoms. The van der Waals surface area contributed by atoms with E-state index in [9.17, 15) is 14.7 Å². The third-order valence-corrected chi connectivity index (χ3v) is 5.22. The van der Waals surface area contributed by atoms with Crippen LogP contribution in [0.3, 0.4) is 0 Å². The van der Waals surface area contributed by atoms with Gasteiger partial charge in [-0.3, -0.25) is 9.59 Å². The molecule has 120 valence electrons. The molecule has 0 aromatic rings. The van der Waals surface area contributed by atoms with E-state index in [-0.39, 0.29) is 11.8 Å². The van der Waals surface area contributed by atoms with Gasteiger partial charge >= 0.3 is 5.97 Å². The molecule has 0 radical (unpaired) electrons. The van der Waals surface area contributed by atoms with Crippen LogP contribution in [0.15, 0.2) is 0 Å². The van der Waals surface area contributed by atoms with E-state index < -0.39 is 22.5 Å². The average molecular weight is 296 g/mol. The molecule has 2 aliphatic rings. The number of carbonyl (C=O) groups is 2. The first-order valence-electron chi connectivity index (χ1n) is 8.09. The predicted octanol–water partition coefficient (Wildman–Crippen LogP) is 3.01. The Morgan fingerprint density at radius 3 is 2.52 bits per heavy atom. The fourth-order valence-electron chi connectivity index (χ4n) is 3.97. The van der Waals surface area contributed by atoms with Gasteiger partial charge in [-0.15, -0.1) is 0 Å². The second kappa shape index (κ2) is 5.38. The number of hydrogen-bond acceptors (Lipinski definition) is 4. The Morgan fingerprint density at radius 2 is 1.90 bits per heavy atom. The monoisotopic (exact) mass is 296 g/mol. The van der Waals surface area contributed by atoms with E-state index in [0.29, 0.717) is 25.7 Å². The molecule has 0 aromatic carbocycles. The number of Topliss-reactive ketones (excluding diaryl/α,β-unsaturated/α-hetero) is 1. The summed E-state index contributed by atoms with van der Waals surface area (Å²) in [5.41, 5.74) is -2.62. The number of ketones is 1. The molecule has 0 aromatic heterocycles. The first-order valence-corrected chi connectivity index (χ1v) is 8.09. The summed E-state index contributed by atoms with van der Waals surface area (Å²) >= 11 is 0. The van der Waals surface area contributed by atoms with Crippen molar-refractivity contribution in [2.45, 2.75) is 83.8 Å². The smallest absolute Gasteiger partial charge is 0.312 e. The van der Waals surface area contributed by atoms with E-state index in [1.807, 2.05) is 27.7 Å². The normalized spacial score (nSPS) is 37.6. The largest absolute Gasteiger partial charge is 0.460 e. The molecule has 0 unspecified atom stereocenters. The van der Waals surface area contributed by atoms with Crippen LogP contribution >= 0.6 is 0 Å². The summed E-state index contributed by atoms with van der Waals surface area (Å²) < 4.78 is 5.50. The highest BCUT2D eigenvalue weighted by molar-refractivity contribution is 5.88. The minimum Gasteiger partial charge on any atom is -0.460 e. The van der Waals surface area contributed by atoms with E-state index in [2.05, 4.69) is 0 Å². The summed E-state index contributed by atoms with van der Waals surface area (Å²) in [5, 5.41) is 11.3. The number of carbonyl (C=O) groups excluding carboxylic acids is 2. The molecular formula is C17H28O4. The summed E-state index contributed by atoms with van der Waals surface area (Å²) in [6.45, 7) is 7.33. The lowest BCUT2D eigenvalue weighted by Gasteiger charge is -2.50. The first-order chi connectivity index (χ1) is 9.60. The Balaban J connectivity index is 2.34. The maximum atomic E-state index is 12.5. The van der Waals surface area contributed by atoms with Crippen LogP contribution in [-0.2, 0) is 14.3 Å². The Morgan fingerprint density at radius 1 is 1.24 bits per heavy atom. The lowest BCUT2D eigenvalue weighted by Crippen LogP contribution is -2.60. The van der Waals surface area contributed by atoms with Crippen molar-refractivity contribution in [3.05, 3.63) is 0 Å². The second-order valence-electron chi connectivity index (χ2n) is 7.86. The Hall–Kier alpha value is -0.900. The van der Waals surface area contributed by atoms with Crippen LogP contribution in [0.1, 0.15) is 72.6 Å². The third kappa shape index (κ3) is 2.87. The molecule has 1 N–H and O–H groups in total. The number of esters is 1. The Kier molecular flexibility index (Phi) is 4.22. The number of rotatable bonds is 1. The van der Waals surface area contributed by atoms with Crippen molar-refractivity contribution >= 4 is 11.8 Å². The SMILES string of the molecule is CC(C)(C)OC(=O)[C@H]1CCC[C@@]2(C)C(=O)CCCC[C@@]12O. The summed E-state index contributed by atoms with van der Waals surface area (Å²) in [7, 11) is 0. The van der Waals surface area contributed by atoms with Gasteiger partial charge in [-0.25, -0.2) is 0 Å².